The van der Waals surface area contributed by atoms with Crippen LogP contribution in [0.25, 0.3) is 0 Å². The molecule has 0 radical (unpaired) electrons. The number of carbonyl (C=O) groups excluding carboxylic acids is 1. The summed E-state index contributed by atoms with van der Waals surface area (Å²) in [5.74, 6) is 0.427. The van der Waals surface area contributed by atoms with Gasteiger partial charge in [0.1, 0.15) is 5.82 Å². The zero-order chi connectivity index (χ0) is 16.0. The summed E-state index contributed by atoms with van der Waals surface area (Å²) in [6.45, 7) is 4.53. The zero-order valence-corrected chi connectivity index (χ0v) is 13.6. The number of pyridine rings is 1. The smallest absolute Gasteiger partial charge is 0.339 e. The van der Waals surface area contributed by atoms with Crippen molar-refractivity contribution in [3.63, 3.8) is 0 Å². The maximum absolute atomic E-state index is 11.6. The van der Waals surface area contributed by atoms with Crippen molar-refractivity contribution in [1.82, 2.24) is 9.88 Å². The molecule has 0 atom stereocenters. The fourth-order valence-electron chi connectivity index (χ4n) is 2.62. The molecule has 0 aromatic carbocycles. The second kappa shape index (κ2) is 7.56. The van der Waals surface area contributed by atoms with Gasteiger partial charge in [-0.2, -0.15) is 0 Å². The lowest BCUT2D eigenvalue weighted by atomic mass is 9.88. The van der Waals surface area contributed by atoms with Crippen LogP contribution in [0.5, 0.6) is 0 Å². The number of nitrogens with zero attached hydrogens (tertiary/aromatic N) is 2. The largest absolute Gasteiger partial charge is 0.462 e. The van der Waals surface area contributed by atoms with Gasteiger partial charge >= 0.3 is 5.97 Å². The van der Waals surface area contributed by atoms with Gasteiger partial charge in [0, 0.05) is 31.5 Å². The van der Waals surface area contributed by atoms with Crippen molar-refractivity contribution in [1.29, 1.82) is 0 Å². The summed E-state index contributed by atoms with van der Waals surface area (Å²) >= 11 is 0. The minimum absolute atomic E-state index is 0.0831. The maximum Gasteiger partial charge on any atom is 0.339 e. The highest BCUT2D eigenvalue weighted by Gasteiger charge is 2.34. The van der Waals surface area contributed by atoms with Gasteiger partial charge in [0.25, 0.3) is 0 Å². The lowest BCUT2D eigenvalue weighted by Gasteiger charge is -2.43. The topological polar surface area (TPSA) is 63.7 Å². The number of carbonyl (C=O) groups is 1. The van der Waals surface area contributed by atoms with E-state index in [9.17, 15) is 4.79 Å². The Balaban J connectivity index is 1.97. The molecule has 0 unspecified atom stereocenters. The Morgan fingerprint density at radius 3 is 2.68 bits per heavy atom. The van der Waals surface area contributed by atoms with Crippen molar-refractivity contribution in [3.05, 3.63) is 23.9 Å². The standard InChI is InChI=1S/C16H25N3O3/c1-4-22-15(20)13-5-6-14(17-11-13)18-12-16(19(2)3)7-9-21-10-8-16/h5-6,11H,4,7-10,12H2,1-3H3,(H,17,18). The monoisotopic (exact) mass is 307 g/mol. The number of likely N-dealkylation sites (N-methyl/N-ethyl adjacent to an activating group) is 1. The third kappa shape index (κ3) is 3.96. The van der Waals surface area contributed by atoms with Crippen molar-refractivity contribution in [2.45, 2.75) is 25.3 Å². The highest BCUT2D eigenvalue weighted by molar-refractivity contribution is 5.89. The van der Waals surface area contributed by atoms with E-state index in [1.54, 1.807) is 19.2 Å². The number of ether oxygens (including phenoxy) is 2. The number of esters is 1. The van der Waals surface area contributed by atoms with Crippen LogP contribution >= 0.6 is 0 Å². The molecule has 0 bridgehead atoms. The predicted octanol–water partition coefficient (Wildman–Crippen LogP) is 1.78. The molecule has 0 aliphatic carbocycles. The van der Waals surface area contributed by atoms with E-state index in [2.05, 4.69) is 29.3 Å². The molecule has 1 aromatic heterocycles. The molecule has 2 rings (SSSR count). The molecule has 6 heteroatoms. The van der Waals surface area contributed by atoms with Gasteiger partial charge in [0.2, 0.25) is 0 Å². The fourth-order valence-corrected chi connectivity index (χ4v) is 2.62. The van der Waals surface area contributed by atoms with Crippen LogP contribution in [-0.2, 0) is 9.47 Å². The highest BCUT2D eigenvalue weighted by atomic mass is 16.5. The molecule has 1 aromatic rings. The molecule has 1 N–H and O–H groups in total. The third-order valence-corrected chi connectivity index (χ3v) is 4.25. The lowest BCUT2D eigenvalue weighted by Crippen LogP contribution is -2.53. The van der Waals surface area contributed by atoms with E-state index >= 15 is 0 Å². The quantitative estimate of drug-likeness (QED) is 0.808. The number of nitrogens with one attached hydrogen (secondary N) is 1. The average molecular weight is 307 g/mol. The Bertz CT molecular complexity index is 482. The lowest BCUT2D eigenvalue weighted by molar-refractivity contribution is -0.000668. The van der Waals surface area contributed by atoms with Crippen LogP contribution in [0, 0.1) is 0 Å². The number of aromatic nitrogens is 1. The van der Waals surface area contributed by atoms with Gasteiger partial charge in [0.15, 0.2) is 0 Å². The fraction of sp³-hybridized carbons (Fsp3) is 0.625. The number of hydrogen-bond acceptors (Lipinski definition) is 6. The van der Waals surface area contributed by atoms with E-state index < -0.39 is 0 Å². The Morgan fingerprint density at radius 2 is 2.14 bits per heavy atom. The molecule has 122 valence electrons. The second-order valence-corrected chi connectivity index (χ2v) is 5.74. The SMILES string of the molecule is CCOC(=O)c1ccc(NCC2(N(C)C)CCOCC2)nc1. The first kappa shape index (κ1) is 16.7. The number of anilines is 1. The second-order valence-electron chi connectivity index (χ2n) is 5.74. The van der Waals surface area contributed by atoms with Gasteiger partial charge in [-0.25, -0.2) is 9.78 Å². The molecule has 22 heavy (non-hydrogen) atoms. The molecule has 0 amide bonds. The minimum atomic E-state index is -0.337. The van der Waals surface area contributed by atoms with Crippen LogP contribution in [0.2, 0.25) is 0 Å². The Morgan fingerprint density at radius 1 is 1.41 bits per heavy atom. The van der Waals surface area contributed by atoms with E-state index in [0.717, 1.165) is 38.4 Å². The number of rotatable bonds is 6. The van der Waals surface area contributed by atoms with Crippen LogP contribution in [0.3, 0.4) is 0 Å². The van der Waals surface area contributed by atoms with Crippen molar-refractivity contribution in [3.8, 4) is 0 Å². The van der Waals surface area contributed by atoms with Gasteiger partial charge in [-0.05, 0) is 46.0 Å². The number of hydrogen-bond donors (Lipinski definition) is 1. The van der Waals surface area contributed by atoms with Crippen LogP contribution in [0.1, 0.15) is 30.1 Å². The summed E-state index contributed by atoms with van der Waals surface area (Å²) in [6.07, 6.45) is 3.54. The van der Waals surface area contributed by atoms with E-state index in [0.29, 0.717) is 12.2 Å². The predicted molar refractivity (Wildman–Crippen MR) is 85.2 cm³/mol. The summed E-state index contributed by atoms with van der Waals surface area (Å²) in [4.78, 5) is 18.2. The zero-order valence-electron chi connectivity index (χ0n) is 13.6. The summed E-state index contributed by atoms with van der Waals surface area (Å²) < 4.78 is 10.4. The molecule has 0 spiro atoms. The Labute approximate surface area is 131 Å². The van der Waals surface area contributed by atoms with Crippen molar-refractivity contribution < 1.29 is 14.3 Å². The first-order chi connectivity index (χ1) is 10.6. The molecular weight excluding hydrogens is 282 g/mol. The first-order valence-corrected chi connectivity index (χ1v) is 7.69. The van der Waals surface area contributed by atoms with E-state index in [1.807, 2.05) is 6.07 Å². The van der Waals surface area contributed by atoms with Crippen molar-refractivity contribution in [2.75, 3.05) is 45.8 Å². The first-order valence-electron chi connectivity index (χ1n) is 7.69. The molecule has 1 fully saturated rings. The van der Waals surface area contributed by atoms with Crippen LogP contribution in [0.4, 0.5) is 5.82 Å². The minimum Gasteiger partial charge on any atom is -0.462 e. The molecule has 1 saturated heterocycles. The molecule has 1 aliphatic heterocycles. The third-order valence-electron chi connectivity index (χ3n) is 4.25. The van der Waals surface area contributed by atoms with Gasteiger partial charge in [0.05, 0.1) is 12.2 Å². The van der Waals surface area contributed by atoms with Crippen LogP contribution in [0.15, 0.2) is 18.3 Å². The van der Waals surface area contributed by atoms with Crippen LogP contribution in [-0.4, -0.2) is 61.9 Å². The highest BCUT2D eigenvalue weighted by Crippen LogP contribution is 2.26. The van der Waals surface area contributed by atoms with E-state index in [-0.39, 0.29) is 11.5 Å². The molecule has 1 aliphatic rings. The molecular formula is C16H25N3O3. The Hall–Kier alpha value is -1.66. The van der Waals surface area contributed by atoms with Crippen molar-refractivity contribution in [2.24, 2.45) is 0 Å². The normalized spacial score (nSPS) is 17.3. The maximum atomic E-state index is 11.6. The Kier molecular flexibility index (Phi) is 5.74. The van der Waals surface area contributed by atoms with Gasteiger partial charge in [-0.15, -0.1) is 0 Å². The summed E-state index contributed by atoms with van der Waals surface area (Å²) in [7, 11) is 4.20. The van der Waals surface area contributed by atoms with Gasteiger partial charge in [-0.3, -0.25) is 0 Å². The molecule has 0 saturated carbocycles. The van der Waals surface area contributed by atoms with E-state index in [1.165, 1.54) is 0 Å². The van der Waals surface area contributed by atoms with Gasteiger partial charge in [-0.1, -0.05) is 0 Å². The summed E-state index contributed by atoms with van der Waals surface area (Å²) in [5, 5.41) is 3.37. The van der Waals surface area contributed by atoms with Crippen molar-refractivity contribution >= 4 is 11.8 Å². The van der Waals surface area contributed by atoms with E-state index in [4.69, 9.17) is 9.47 Å². The molecule has 6 nitrogen and oxygen atoms in total. The molecule has 2 heterocycles. The van der Waals surface area contributed by atoms with Crippen LogP contribution < -0.4 is 5.32 Å². The average Bonchev–Trinajstić information content (AvgIpc) is 2.54. The summed E-state index contributed by atoms with van der Waals surface area (Å²) in [5.41, 5.74) is 0.556. The van der Waals surface area contributed by atoms with Gasteiger partial charge < -0.3 is 19.7 Å². The summed E-state index contributed by atoms with van der Waals surface area (Å²) in [6, 6.07) is 3.55.